The summed E-state index contributed by atoms with van der Waals surface area (Å²) < 4.78 is 5.17. The summed E-state index contributed by atoms with van der Waals surface area (Å²) >= 11 is 0. The molecule has 0 heterocycles. The van der Waals surface area contributed by atoms with E-state index in [2.05, 4.69) is 0 Å². The van der Waals surface area contributed by atoms with Crippen LogP contribution in [0, 0.1) is 6.92 Å². The molecule has 21 heavy (non-hydrogen) atoms. The van der Waals surface area contributed by atoms with Crippen LogP contribution < -0.4 is 4.74 Å². The summed E-state index contributed by atoms with van der Waals surface area (Å²) in [6.07, 6.45) is 0. The molecule has 0 bridgehead atoms. The third-order valence-electron chi connectivity index (χ3n) is 3.37. The van der Waals surface area contributed by atoms with Crippen molar-refractivity contribution < 1.29 is 14.6 Å². The lowest BCUT2D eigenvalue weighted by atomic mass is 10.1. The highest BCUT2D eigenvalue weighted by Gasteiger charge is 2.17. The van der Waals surface area contributed by atoms with Crippen molar-refractivity contribution in [2.24, 2.45) is 0 Å². The largest absolute Gasteiger partial charge is 0.507 e. The number of phenols is 1. The van der Waals surface area contributed by atoms with Gasteiger partial charge in [0.2, 0.25) is 0 Å². The van der Waals surface area contributed by atoms with Gasteiger partial charge in [0.15, 0.2) is 0 Å². The van der Waals surface area contributed by atoms with Crippen LogP contribution in [0.25, 0.3) is 0 Å². The number of hydrogen-bond donors (Lipinski definition) is 1. The van der Waals surface area contributed by atoms with E-state index in [1.807, 2.05) is 24.3 Å². The average Bonchev–Trinajstić information content (AvgIpc) is 2.49. The number of carbonyl (C=O) groups is 1. The molecule has 0 aromatic heterocycles. The van der Waals surface area contributed by atoms with Crippen LogP contribution in [-0.4, -0.2) is 30.1 Å². The molecule has 110 valence electrons. The van der Waals surface area contributed by atoms with Crippen LogP contribution in [0.4, 0.5) is 0 Å². The van der Waals surface area contributed by atoms with Crippen molar-refractivity contribution in [1.29, 1.82) is 0 Å². The minimum Gasteiger partial charge on any atom is -0.507 e. The highest BCUT2D eigenvalue weighted by Crippen LogP contribution is 2.23. The molecule has 0 saturated carbocycles. The fraction of sp³-hybridized carbons (Fsp3) is 0.235. The van der Waals surface area contributed by atoms with Gasteiger partial charge in [-0.25, -0.2) is 0 Å². The molecule has 4 nitrogen and oxygen atoms in total. The van der Waals surface area contributed by atoms with Crippen molar-refractivity contribution in [2.45, 2.75) is 13.5 Å². The van der Waals surface area contributed by atoms with E-state index in [0.29, 0.717) is 17.7 Å². The van der Waals surface area contributed by atoms with Gasteiger partial charge < -0.3 is 14.7 Å². The van der Waals surface area contributed by atoms with Crippen molar-refractivity contribution in [2.75, 3.05) is 14.2 Å². The number of methoxy groups -OCH3 is 1. The normalized spacial score (nSPS) is 10.2. The Morgan fingerprint density at radius 1 is 1.24 bits per heavy atom. The molecule has 0 radical (unpaired) electrons. The van der Waals surface area contributed by atoms with Gasteiger partial charge in [0.05, 0.1) is 12.7 Å². The van der Waals surface area contributed by atoms with Gasteiger partial charge in [0.1, 0.15) is 11.5 Å². The predicted octanol–water partition coefficient (Wildman–Crippen LogP) is 2.98. The first-order valence-electron chi connectivity index (χ1n) is 6.70. The highest BCUT2D eigenvalue weighted by atomic mass is 16.5. The van der Waals surface area contributed by atoms with E-state index in [0.717, 1.165) is 11.3 Å². The summed E-state index contributed by atoms with van der Waals surface area (Å²) in [4.78, 5) is 14.0. The Hall–Kier alpha value is -2.49. The lowest BCUT2D eigenvalue weighted by molar-refractivity contribution is 0.0782. The Morgan fingerprint density at radius 3 is 2.67 bits per heavy atom. The van der Waals surface area contributed by atoms with Crippen molar-refractivity contribution in [3.63, 3.8) is 0 Å². The molecule has 2 rings (SSSR count). The van der Waals surface area contributed by atoms with Crippen LogP contribution in [0.5, 0.6) is 11.5 Å². The number of phenolic OH excluding ortho intramolecular Hbond substituents is 1. The van der Waals surface area contributed by atoms with Crippen LogP contribution in [-0.2, 0) is 6.54 Å². The van der Waals surface area contributed by atoms with Crippen molar-refractivity contribution >= 4 is 5.91 Å². The van der Waals surface area contributed by atoms with E-state index in [1.165, 1.54) is 0 Å². The summed E-state index contributed by atoms with van der Waals surface area (Å²) in [6, 6.07) is 12.7. The van der Waals surface area contributed by atoms with Crippen molar-refractivity contribution in [3.05, 3.63) is 59.2 Å². The molecule has 1 amide bonds. The Morgan fingerprint density at radius 2 is 1.95 bits per heavy atom. The molecule has 0 atom stereocenters. The summed E-state index contributed by atoms with van der Waals surface area (Å²) in [7, 11) is 3.32. The average molecular weight is 285 g/mol. The number of para-hydroxylation sites is 1. The second kappa shape index (κ2) is 6.31. The van der Waals surface area contributed by atoms with Crippen LogP contribution >= 0.6 is 0 Å². The van der Waals surface area contributed by atoms with E-state index in [-0.39, 0.29) is 11.7 Å². The van der Waals surface area contributed by atoms with Gasteiger partial charge >= 0.3 is 0 Å². The molecule has 0 spiro atoms. The van der Waals surface area contributed by atoms with Gasteiger partial charge in [-0.15, -0.1) is 0 Å². The number of hydrogen-bond acceptors (Lipinski definition) is 3. The van der Waals surface area contributed by atoms with Gasteiger partial charge in [0, 0.05) is 13.6 Å². The maximum atomic E-state index is 12.4. The maximum absolute atomic E-state index is 12.4. The fourth-order valence-electron chi connectivity index (χ4n) is 2.15. The summed E-state index contributed by atoms with van der Waals surface area (Å²) in [6.45, 7) is 2.22. The maximum Gasteiger partial charge on any atom is 0.257 e. The molecule has 2 aromatic rings. The Balaban J connectivity index is 2.17. The molecule has 4 heteroatoms. The number of aromatic hydroxyl groups is 1. The number of rotatable bonds is 4. The van der Waals surface area contributed by atoms with E-state index >= 15 is 0 Å². The lowest BCUT2D eigenvalue weighted by Gasteiger charge is -2.18. The van der Waals surface area contributed by atoms with Gasteiger partial charge in [-0.3, -0.25) is 4.79 Å². The fourth-order valence-corrected chi connectivity index (χ4v) is 2.15. The van der Waals surface area contributed by atoms with E-state index in [1.54, 1.807) is 44.2 Å². The minimum absolute atomic E-state index is 0.0417. The van der Waals surface area contributed by atoms with Crippen molar-refractivity contribution in [1.82, 2.24) is 4.90 Å². The first kappa shape index (κ1) is 14.9. The zero-order valence-corrected chi connectivity index (χ0v) is 12.5. The molecule has 0 aliphatic heterocycles. The number of amides is 1. The molecule has 0 fully saturated rings. The molecule has 0 aliphatic carbocycles. The van der Waals surface area contributed by atoms with E-state index < -0.39 is 0 Å². The number of nitrogens with zero attached hydrogens (tertiary/aromatic N) is 1. The zero-order valence-electron chi connectivity index (χ0n) is 12.5. The van der Waals surface area contributed by atoms with Crippen LogP contribution in [0.15, 0.2) is 42.5 Å². The topological polar surface area (TPSA) is 49.8 Å². The predicted molar refractivity (Wildman–Crippen MR) is 81.6 cm³/mol. The van der Waals surface area contributed by atoms with Gasteiger partial charge in [-0.1, -0.05) is 24.3 Å². The highest BCUT2D eigenvalue weighted by molar-refractivity contribution is 5.97. The molecular formula is C17H19NO3. The minimum atomic E-state index is -0.209. The molecule has 0 aliphatic rings. The standard InChI is InChI=1S/C17H19NO3/c1-12-6-4-9-15(16(12)19)17(20)18(2)11-13-7-5-8-14(10-13)21-3/h4-10,19H,11H2,1-3H3. The van der Waals surface area contributed by atoms with Gasteiger partial charge in [0.25, 0.3) is 5.91 Å². The van der Waals surface area contributed by atoms with E-state index in [4.69, 9.17) is 4.74 Å². The molecule has 0 saturated heterocycles. The first-order chi connectivity index (χ1) is 10.0. The van der Waals surface area contributed by atoms with Gasteiger partial charge in [-0.2, -0.15) is 0 Å². The van der Waals surface area contributed by atoms with Crippen LogP contribution in [0.1, 0.15) is 21.5 Å². The Bertz CT molecular complexity index is 652. The number of aryl methyl sites for hydroxylation is 1. The Kier molecular flexibility index (Phi) is 4.48. The van der Waals surface area contributed by atoms with Crippen molar-refractivity contribution in [3.8, 4) is 11.5 Å². The Labute approximate surface area is 124 Å². The molecule has 2 aromatic carbocycles. The zero-order chi connectivity index (χ0) is 15.4. The van der Waals surface area contributed by atoms with Crippen LogP contribution in [0.2, 0.25) is 0 Å². The molecular weight excluding hydrogens is 266 g/mol. The van der Waals surface area contributed by atoms with E-state index in [9.17, 15) is 9.90 Å². The summed E-state index contributed by atoms with van der Waals surface area (Å²) in [5.74, 6) is 0.589. The summed E-state index contributed by atoms with van der Waals surface area (Å²) in [5, 5.41) is 10.00. The summed E-state index contributed by atoms with van der Waals surface area (Å²) in [5.41, 5.74) is 1.98. The van der Waals surface area contributed by atoms with Gasteiger partial charge in [-0.05, 0) is 36.2 Å². The SMILES string of the molecule is COc1cccc(CN(C)C(=O)c2cccc(C)c2O)c1. The third-order valence-corrected chi connectivity index (χ3v) is 3.37. The third kappa shape index (κ3) is 3.34. The second-order valence-electron chi connectivity index (χ2n) is 4.98. The monoisotopic (exact) mass is 285 g/mol. The number of carbonyl (C=O) groups excluding carboxylic acids is 1. The van der Waals surface area contributed by atoms with Crippen LogP contribution in [0.3, 0.4) is 0 Å². The number of ether oxygens (including phenoxy) is 1. The molecule has 1 N–H and O–H groups in total. The quantitative estimate of drug-likeness (QED) is 0.939. The second-order valence-corrected chi connectivity index (χ2v) is 4.98. The number of benzene rings is 2. The smallest absolute Gasteiger partial charge is 0.257 e. The lowest BCUT2D eigenvalue weighted by Crippen LogP contribution is -2.26. The first-order valence-corrected chi connectivity index (χ1v) is 6.70. The molecule has 0 unspecified atom stereocenters.